The first-order valence-electron chi connectivity index (χ1n) is 9.14. The molecular formula is C19H20N6OS. The first-order valence-corrected chi connectivity index (χ1v) is 10.0. The molecule has 1 aromatic carbocycles. The Morgan fingerprint density at radius 1 is 1.11 bits per heavy atom. The highest BCUT2D eigenvalue weighted by molar-refractivity contribution is 7.17. The van der Waals surface area contributed by atoms with Crippen molar-refractivity contribution < 1.29 is 5.11 Å². The maximum absolute atomic E-state index is 9.70. The van der Waals surface area contributed by atoms with Crippen molar-refractivity contribution in [1.29, 1.82) is 0 Å². The summed E-state index contributed by atoms with van der Waals surface area (Å²) in [7, 11) is 0. The summed E-state index contributed by atoms with van der Waals surface area (Å²) in [4.78, 5) is 9.40. The second-order valence-electron chi connectivity index (χ2n) is 6.98. The molecule has 3 aromatic heterocycles. The molecule has 0 radical (unpaired) electrons. The molecule has 0 amide bonds. The molecule has 1 saturated carbocycles. The van der Waals surface area contributed by atoms with Gasteiger partial charge in [0.05, 0.1) is 28.0 Å². The van der Waals surface area contributed by atoms with Crippen LogP contribution in [-0.4, -0.2) is 37.4 Å². The normalized spacial score (nSPS) is 20.2. The predicted octanol–water partition coefficient (Wildman–Crippen LogP) is 4.03. The molecule has 4 N–H and O–H groups in total. The minimum atomic E-state index is -0.168. The van der Waals surface area contributed by atoms with Crippen LogP contribution < -0.4 is 10.6 Å². The number of anilines is 3. The molecule has 5 rings (SSSR count). The smallest absolute Gasteiger partial charge is 0.225 e. The van der Waals surface area contributed by atoms with Gasteiger partial charge in [-0.3, -0.25) is 5.10 Å². The van der Waals surface area contributed by atoms with Crippen molar-refractivity contribution >= 4 is 49.9 Å². The van der Waals surface area contributed by atoms with Crippen molar-refractivity contribution in [2.75, 3.05) is 10.6 Å². The Balaban J connectivity index is 1.44. The summed E-state index contributed by atoms with van der Waals surface area (Å²) in [5.74, 6) is 1.44. The molecule has 138 valence electrons. The van der Waals surface area contributed by atoms with Gasteiger partial charge in [0.2, 0.25) is 5.95 Å². The topological polar surface area (TPSA) is 98.8 Å². The van der Waals surface area contributed by atoms with Gasteiger partial charge < -0.3 is 15.7 Å². The molecule has 4 aromatic rings. The van der Waals surface area contributed by atoms with Crippen molar-refractivity contribution in [3.8, 4) is 0 Å². The Morgan fingerprint density at radius 2 is 2.00 bits per heavy atom. The molecule has 8 heteroatoms. The van der Waals surface area contributed by atoms with E-state index in [-0.39, 0.29) is 6.10 Å². The van der Waals surface area contributed by atoms with Crippen LogP contribution in [0, 0.1) is 0 Å². The van der Waals surface area contributed by atoms with Crippen molar-refractivity contribution in [2.45, 2.75) is 37.8 Å². The zero-order chi connectivity index (χ0) is 18.2. The molecule has 27 heavy (non-hydrogen) atoms. The van der Waals surface area contributed by atoms with Gasteiger partial charge in [0, 0.05) is 17.1 Å². The van der Waals surface area contributed by atoms with Gasteiger partial charge in [0.1, 0.15) is 0 Å². The number of benzene rings is 1. The maximum atomic E-state index is 9.70. The lowest BCUT2D eigenvalue weighted by Crippen LogP contribution is -2.29. The van der Waals surface area contributed by atoms with Crippen LogP contribution in [0.2, 0.25) is 0 Å². The second kappa shape index (κ2) is 6.79. The van der Waals surface area contributed by atoms with Gasteiger partial charge >= 0.3 is 0 Å². The maximum Gasteiger partial charge on any atom is 0.225 e. The monoisotopic (exact) mass is 380 g/mol. The molecule has 0 spiro atoms. The lowest BCUT2D eigenvalue weighted by molar-refractivity contribution is 0.126. The van der Waals surface area contributed by atoms with E-state index in [2.05, 4.69) is 31.9 Å². The fourth-order valence-electron chi connectivity index (χ4n) is 3.57. The van der Waals surface area contributed by atoms with E-state index in [0.29, 0.717) is 12.0 Å². The molecule has 1 aliphatic carbocycles. The second-order valence-corrected chi connectivity index (χ2v) is 7.89. The van der Waals surface area contributed by atoms with Crippen molar-refractivity contribution in [2.24, 2.45) is 0 Å². The SMILES string of the molecule is OC1CCC(Nc2nc(Nc3ccc4[nH]ncc4c3)c3sccc3n2)CC1. The van der Waals surface area contributed by atoms with E-state index in [1.807, 2.05) is 29.8 Å². The molecule has 0 saturated heterocycles. The number of nitrogens with zero attached hydrogens (tertiary/aromatic N) is 3. The highest BCUT2D eigenvalue weighted by Gasteiger charge is 2.20. The quantitative estimate of drug-likeness (QED) is 0.427. The Kier molecular flexibility index (Phi) is 4.14. The summed E-state index contributed by atoms with van der Waals surface area (Å²) in [5, 5.41) is 26.7. The minimum Gasteiger partial charge on any atom is -0.393 e. The third-order valence-corrected chi connectivity index (χ3v) is 5.95. The molecule has 0 unspecified atom stereocenters. The van der Waals surface area contributed by atoms with Crippen LogP contribution in [-0.2, 0) is 0 Å². The van der Waals surface area contributed by atoms with Gasteiger partial charge in [0.15, 0.2) is 5.82 Å². The zero-order valence-electron chi connectivity index (χ0n) is 14.6. The average molecular weight is 380 g/mol. The minimum absolute atomic E-state index is 0.168. The number of nitrogens with one attached hydrogen (secondary N) is 3. The summed E-state index contributed by atoms with van der Waals surface area (Å²) >= 11 is 1.63. The first kappa shape index (κ1) is 16.5. The van der Waals surface area contributed by atoms with Crippen LogP contribution in [0.1, 0.15) is 25.7 Å². The Labute approximate surface area is 159 Å². The number of hydrogen-bond acceptors (Lipinski definition) is 7. The number of aliphatic hydroxyl groups excluding tert-OH is 1. The van der Waals surface area contributed by atoms with Crippen LogP contribution >= 0.6 is 11.3 Å². The van der Waals surface area contributed by atoms with Gasteiger partial charge in [-0.05, 0) is 55.3 Å². The number of H-pyrrole nitrogens is 1. The number of fused-ring (bicyclic) bond motifs is 2. The number of rotatable bonds is 4. The number of thiophene rings is 1. The van der Waals surface area contributed by atoms with Gasteiger partial charge in [-0.15, -0.1) is 11.3 Å². The number of aromatic nitrogens is 4. The Hall–Kier alpha value is -2.71. The van der Waals surface area contributed by atoms with E-state index in [1.165, 1.54) is 0 Å². The fraction of sp³-hybridized carbons (Fsp3) is 0.316. The van der Waals surface area contributed by atoms with E-state index in [9.17, 15) is 5.11 Å². The van der Waals surface area contributed by atoms with Crippen LogP contribution in [0.4, 0.5) is 17.5 Å². The molecule has 1 aliphatic rings. The van der Waals surface area contributed by atoms with Gasteiger partial charge in [-0.2, -0.15) is 10.1 Å². The molecule has 3 heterocycles. The third kappa shape index (κ3) is 3.33. The fourth-order valence-corrected chi connectivity index (χ4v) is 4.35. The van der Waals surface area contributed by atoms with Crippen molar-refractivity contribution in [1.82, 2.24) is 20.2 Å². The first-order chi connectivity index (χ1) is 13.2. The van der Waals surface area contributed by atoms with Crippen LogP contribution in [0.3, 0.4) is 0 Å². The number of hydrogen-bond donors (Lipinski definition) is 4. The van der Waals surface area contributed by atoms with E-state index < -0.39 is 0 Å². The lowest BCUT2D eigenvalue weighted by atomic mass is 9.93. The zero-order valence-corrected chi connectivity index (χ0v) is 15.5. The number of aliphatic hydroxyl groups is 1. The molecule has 0 bridgehead atoms. The van der Waals surface area contributed by atoms with Crippen molar-refractivity contribution in [3.63, 3.8) is 0 Å². The van der Waals surface area contributed by atoms with Crippen LogP contribution in [0.25, 0.3) is 21.1 Å². The Bertz CT molecular complexity index is 1080. The largest absolute Gasteiger partial charge is 0.393 e. The van der Waals surface area contributed by atoms with E-state index in [0.717, 1.165) is 58.3 Å². The molecule has 0 atom stereocenters. The van der Waals surface area contributed by atoms with Crippen LogP contribution in [0.5, 0.6) is 0 Å². The van der Waals surface area contributed by atoms with E-state index in [1.54, 1.807) is 11.3 Å². The van der Waals surface area contributed by atoms with Crippen LogP contribution in [0.15, 0.2) is 35.8 Å². The lowest BCUT2D eigenvalue weighted by Gasteiger charge is -2.26. The third-order valence-electron chi connectivity index (χ3n) is 5.04. The molecule has 0 aliphatic heterocycles. The standard InChI is InChI=1S/C19H20N6OS/c26-14-4-1-12(2-5-14)22-19-23-16-7-8-27-17(16)18(24-19)21-13-3-6-15-11(9-13)10-20-25-15/h3,6-10,12,14,26H,1-2,4-5H2,(H,20,25)(H2,21,22,23,24). The number of aromatic amines is 1. The van der Waals surface area contributed by atoms with Gasteiger partial charge in [-0.25, -0.2) is 4.98 Å². The summed E-state index contributed by atoms with van der Waals surface area (Å²) in [6.07, 6.45) is 5.17. The Morgan fingerprint density at radius 3 is 2.89 bits per heavy atom. The summed E-state index contributed by atoms with van der Waals surface area (Å²) in [5.41, 5.74) is 2.90. The summed E-state index contributed by atoms with van der Waals surface area (Å²) < 4.78 is 1.03. The summed E-state index contributed by atoms with van der Waals surface area (Å²) in [6, 6.07) is 8.39. The molecule has 7 nitrogen and oxygen atoms in total. The van der Waals surface area contributed by atoms with E-state index >= 15 is 0 Å². The van der Waals surface area contributed by atoms with E-state index in [4.69, 9.17) is 4.98 Å². The molecular weight excluding hydrogens is 360 g/mol. The van der Waals surface area contributed by atoms with Crippen molar-refractivity contribution in [3.05, 3.63) is 35.8 Å². The molecule has 1 fully saturated rings. The average Bonchev–Trinajstić information content (AvgIpc) is 3.32. The van der Waals surface area contributed by atoms with Gasteiger partial charge in [0.25, 0.3) is 0 Å². The van der Waals surface area contributed by atoms with Gasteiger partial charge in [-0.1, -0.05) is 0 Å². The summed E-state index contributed by atoms with van der Waals surface area (Å²) in [6.45, 7) is 0. The highest BCUT2D eigenvalue weighted by Crippen LogP contribution is 2.31. The highest BCUT2D eigenvalue weighted by atomic mass is 32.1. The predicted molar refractivity (Wildman–Crippen MR) is 109 cm³/mol.